The fourth-order valence-electron chi connectivity index (χ4n) is 5.42. The Bertz CT molecular complexity index is 1360. The van der Waals surface area contributed by atoms with Crippen LogP contribution in [0.25, 0.3) is 0 Å². The molecule has 0 bridgehead atoms. The van der Waals surface area contributed by atoms with E-state index in [0.29, 0.717) is 49.0 Å². The normalized spacial score (nSPS) is 23.3. The largest absolute Gasteiger partial charge is 0.434 e. The van der Waals surface area contributed by atoms with Gasteiger partial charge in [-0.25, -0.2) is 4.98 Å². The van der Waals surface area contributed by atoms with Gasteiger partial charge in [0.05, 0.1) is 16.3 Å². The van der Waals surface area contributed by atoms with Crippen LogP contribution in [-0.2, 0) is 16.6 Å². The number of aliphatic hydroxyl groups is 1. The summed E-state index contributed by atoms with van der Waals surface area (Å²) in [6.07, 6.45) is -1.53. The molecule has 0 radical (unpaired) electrons. The van der Waals surface area contributed by atoms with Gasteiger partial charge in [-0.05, 0) is 49.3 Å². The molecule has 10 heteroatoms. The molecule has 1 atom stereocenters. The number of halogens is 4. The topological polar surface area (TPSA) is 82.5 Å². The van der Waals surface area contributed by atoms with Crippen LogP contribution in [0.5, 0.6) is 0 Å². The molecule has 0 saturated heterocycles. The van der Waals surface area contributed by atoms with Crippen molar-refractivity contribution < 1.29 is 27.9 Å². The lowest BCUT2D eigenvalue weighted by atomic mass is 9.85. The van der Waals surface area contributed by atoms with E-state index in [4.69, 9.17) is 11.6 Å². The summed E-state index contributed by atoms with van der Waals surface area (Å²) < 4.78 is 40.0. The van der Waals surface area contributed by atoms with E-state index in [9.17, 15) is 27.9 Å². The molecule has 1 fully saturated rings. The maximum atomic E-state index is 13.6. The molecule has 2 heterocycles. The zero-order valence-electron chi connectivity index (χ0n) is 20.2. The van der Waals surface area contributed by atoms with Crippen molar-refractivity contribution in [3.63, 3.8) is 0 Å². The lowest BCUT2D eigenvalue weighted by molar-refractivity contribution is -0.141. The van der Waals surface area contributed by atoms with Crippen molar-refractivity contribution in [2.75, 3.05) is 11.4 Å². The Morgan fingerprint density at radius 2 is 1.74 bits per heavy atom. The smallest absolute Gasteiger partial charge is 0.372 e. The Morgan fingerprint density at radius 3 is 2.42 bits per heavy atom. The minimum absolute atomic E-state index is 0.0575. The molecule has 198 valence electrons. The maximum Gasteiger partial charge on any atom is 0.434 e. The van der Waals surface area contributed by atoms with Gasteiger partial charge >= 0.3 is 6.18 Å². The second-order valence-electron chi connectivity index (χ2n) is 9.75. The lowest BCUT2D eigenvalue weighted by Gasteiger charge is -2.32. The molecule has 1 unspecified atom stereocenters. The number of nitrogens with one attached hydrogen (secondary N) is 1. The van der Waals surface area contributed by atoms with Crippen LogP contribution in [0.2, 0.25) is 5.02 Å². The second kappa shape index (κ2) is 10.0. The Kier molecular flexibility index (Phi) is 6.92. The lowest BCUT2D eigenvalue weighted by Crippen LogP contribution is -2.44. The molecular weight excluding hydrogens is 519 g/mol. The molecule has 1 saturated carbocycles. The Labute approximate surface area is 222 Å². The first-order valence-corrected chi connectivity index (χ1v) is 12.7. The Morgan fingerprint density at radius 1 is 1.08 bits per heavy atom. The van der Waals surface area contributed by atoms with E-state index in [2.05, 4.69) is 10.3 Å². The number of hydrogen-bond acceptors (Lipinski definition) is 4. The van der Waals surface area contributed by atoms with Crippen molar-refractivity contribution in [1.82, 2.24) is 10.3 Å². The van der Waals surface area contributed by atoms with Crippen molar-refractivity contribution in [3.8, 4) is 0 Å². The molecule has 2 aromatic carbocycles. The fourth-order valence-corrected chi connectivity index (χ4v) is 5.58. The van der Waals surface area contributed by atoms with Crippen LogP contribution in [0.3, 0.4) is 0 Å². The zero-order chi connectivity index (χ0) is 27.1. The van der Waals surface area contributed by atoms with Crippen molar-refractivity contribution >= 4 is 29.1 Å². The van der Waals surface area contributed by atoms with Crippen LogP contribution >= 0.6 is 11.6 Å². The van der Waals surface area contributed by atoms with Crippen molar-refractivity contribution in [3.05, 3.63) is 94.3 Å². The van der Waals surface area contributed by atoms with E-state index in [1.165, 1.54) is 0 Å². The first kappa shape index (κ1) is 26.2. The maximum absolute atomic E-state index is 13.6. The first-order chi connectivity index (χ1) is 18.1. The number of benzene rings is 2. The Hall–Kier alpha value is -3.43. The number of rotatable bonds is 5. The van der Waals surface area contributed by atoms with Crippen molar-refractivity contribution in [2.24, 2.45) is 5.92 Å². The minimum Gasteiger partial charge on any atom is -0.372 e. The summed E-state index contributed by atoms with van der Waals surface area (Å²) in [6, 6.07) is 16.7. The third-order valence-corrected chi connectivity index (χ3v) is 7.53. The zero-order valence-corrected chi connectivity index (χ0v) is 21.0. The summed E-state index contributed by atoms with van der Waals surface area (Å²) >= 11 is 5.80. The molecule has 3 aromatic rings. The number of carbonyl (C=O) groups is 2. The number of carbonyl (C=O) groups excluding carboxylic acids is 2. The molecule has 0 spiro atoms. The summed E-state index contributed by atoms with van der Waals surface area (Å²) in [7, 11) is 0. The second-order valence-corrected chi connectivity index (χ2v) is 10.2. The SMILES string of the molecule is O=C(N[C@H]1CC[C@H](CN2C(=O)C(O)(c3ccccc3)c3ccccc32)CC1)c1cc(Cl)cnc1C(F)(F)F. The number of amides is 2. The average molecular weight is 544 g/mol. The predicted octanol–water partition coefficient (Wildman–Crippen LogP) is 5.33. The average Bonchev–Trinajstić information content (AvgIpc) is 3.12. The number of fused-ring (bicyclic) bond motifs is 1. The third-order valence-electron chi connectivity index (χ3n) is 7.32. The minimum atomic E-state index is -4.78. The van der Waals surface area contributed by atoms with Gasteiger partial charge in [-0.2, -0.15) is 13.2 Å². The quantitative estimate of drug-likeness (QED) is 0.456. The summed E-state index contributed by atoms with van der Waals surface area (Å²) in [5.74, 6) is -1.18. The highest BCUT2D eigenvalue weighted by Crippen LogP contribution is 2.45. The molecular formula is C28H25ClF3N3O3. The molecule has 38 heavy (non-hydrogen) atoms. The van der Waals surface area contributed by atoms with Gasteiger partial charge in [-0.1, -0.05) is 60.1 Å². The summed E-state index contributed by atoms with van der Waals surface area (Å²) in [5.41, 5.74) is -1.96. The van der Waals surface area contributed by atoms with E-state index < -0.39 is 34.8 Å². The number of hydrogen-bond donors (Lipinski definition) is 2. The highest BCUT2D eigenvalue weighted by molar-refractivity contribution is 6.30. The number of pyridine rings is 1. The van der Waals surface area contributed by atoms with Gasteiger partial charge in [-0.3, -0.25) is 9.59 Å². The molecule has 6 nitrogen and oxygen atoms in total. The summed E-state index contributed by atoms with van der Waals surface area (Å²) in [6.45, 7) is 0.391. The molecule has 2 amide bonds. The molecule has 2 aliphatic rings. The monoisotopic (exact) mass is 543 g/mol. The van der Waals surface area contributed by atoms with Crippen LogP contribution < -0.4 is 10.2 Å². The fraction of sp³-hybridized carbons (Fsp3) is 0.321. The molecule has 1 aliphatic carbocycles. The van der Waals surface area contributed by atoms with E-state index in [0.717, 1.165) is 12.3 Å². The summed E-state index contributed by atoms with van der Waals surface area (Å²) in [5, 5.41) is 14.2. The van der Waals surface area contributed by atoms with Crippen LogP contribution in [0, 0.1) is 5.92 Å². The highest BCUT2D eigenvalue weighted by Gasteiger charge is 2.51. The number of para-hydroxylation sites is 1. The van der Waals surface area contributed by atoms with E-state index in [1.54, 1.807) is 41.3 Å². The van der Waals surface area contributed by atoms with Gasteiger partial charge in [-0.15, -0.1) is 0 Å². The van der Waals surface area contributed by atoms with E-state index in [-0.39, 0.29) is 17.0 Å². The van der Waals surface area contributed by atoms with Gasteiger partial charge in [0.1, 0.15) is 0 Å². The van der Waals surface area contributed by atoms with Crippen molar-refractivity contribution in [1.29, 1.82) is 0 Å². The third kappa shape index (κ3) is 4.76. The standard InChI is InChI=1S/C28H25ClF3N3O3/c29-19-14-21(24(33-15-19)28(30,31)32)25(36)34-20-12-10-17(11-13-20)16-35-23-9-5-4-8-22(23)27(38,26(35)37)18-6-2-1-3-7-18/h1-9,14-15,17,20,38H,10-13,16H2,(H,34,36)/t17-,20-,27?. The molecule has 2 N–H and O–H groups in total. The first-order valence-electron chi connectivity index (χ1n) is 12.3. The molecule has 1 aromatic heterocycles. The van der Waals surface area contributed by atoms with Gasteiger partial charge in [0.2, 0.25) is 0 Å². The van der Waals surface area contributed by atoms with Crippen LogP contribution in [0.4, 0.5) is 18.9 Å². The number of anilines is 1. The van der Waals surface area contributed by atoms with Crippen LogP contribution in [0.15, 0.2) is 66.9 Å². The highest BCUT2D eigenvalue weighted by atomic mass is 35.5. The van der Waals surface area contributed by atoms with E-state index >= 15 is 0 Å². The predicted molar refractivity (Wildman–Crippen MR) is 136 cm³/mol. The van der Waals surface area contributed by atoms with Crippen LogP contribution in [0.1, 0.15) is 52.9 Å². The Balaban J connectivity index is 1.26. The van der Waals surface area contributed by atoms with Gasteiger partial charge < -0.3 is 15.3 Å². The van der Waals surface area contributed by atoms with Crippen LogP contribution in [-0.4, -0.2) is 34.5 Å². The van der Waals surface area contributed by atoms with Gasteiger partial charge in [0.25, 0.3) is 11.8 Å². The van der Waals surface area contributed by atoms with Gasteiger partial charge in [0, 0.05) is 24.3 Å². The number of alkyl halides is 3. The number of aromatic nitrogens is 1. The van der Waals surface area contributed by atoms with Crippen molar-refractivity contribution in [2.45, 2.75) is 43.5 Å². The molecule has 1 aliphatic heterocycles. The van der Waals surface area contributed by atoms with E-state index in [1.807, 2.05) is 18.2 Å². The number of nitrogens with zero attached hydrogens (tertiary/aromatic N) is 2. The van der Waals surface area contributed by atoms with Gasteiger partial charge in [0.15, 0.2) is 11.3 Å². The summed E-state index contributed by atoms with van der Waals surface area (Å²) in [4.78, 5) is 31.2. The molecule has 5 rings (SSSR count).